The van der Waals surface area contributed by atoms with E-state index in [1.807, 2.05) is 0 Å². The van der Waals surface area contributed by atoms with Crippen LogP contribution >= 0.6 is 0 Å². The summed E-state index contributed by atoms with van der Waals surface area (Å²) in [6.07, 6.45) is 0. The monoisotopic (exact) mass is 310 g/mol. The minimum Gasteiger partial charge on any atom is -0.492 e. The summed E-state index contributed by atoms with van der Waals surface area (Å²) in [5.74, 6) is -0.189. The van der Waals surface area contributed by atoms with Gasteiger partial charge in [-0.3, -0.25) is 4.72 Å². The van der Waals surface area contributed by atoms with Crippen LogP contribution < -0.4 is 15.2 Å². The molecule has 0 atom stereocenters. The molecule has 2 rings (SSSR count). The molecule has 3 N–H and O–H groups in total. The maximum atomic E-state index is 13.0. The molecule has 0 aliphatic rings. The Morgan fingerprint density at radius 1 is 1.24 bits per heavy atom. The van der Waals surface area contributed by atoms with Crippen LogP contribution in [-0.2, 0) is 10.0 Å². The molecule has 0 saturated heterocycles. The van der Waals surface area contributed by atoms with Crippen LogP contribution in [0.3, 0.4) is 0 Å². The van der Waals surface area contributed by atoms with Crippen molar-refractivity contribution in [3.05, 3.63) is 48.3 Å². The molecule has 0 spiro atoms. The number of para-hydroxylation sites is 2. The van der Waals surface area contributed by atoms with Gasteiger partial charge in [0.2, 0.25) is 0 Å². The predicted molar refractivity (Wildman–Crippen MR) is 79.2 cm³/mol. The number of rotatable bonds is 5. The highest BCUT2D eigenvalue weighted by Crippen LogP contribution is 2.28. The molecule has 0 bridgehead atoms. The maximum absolute atomic E-state index is 13.0. The van der Waals surface area contributed by atoms with E-state index in [2.05, 4.69) is 4.72 Å². The Hall–Kier alpha value is -2.28. The first-order valence-corrected chi connectivity index (χ1v) is 7.72. The summed E-state index contributed by atoms with van der Waals surface area (Å²) >= 11 is 0. The molecule has 2 aromatic rings. The van der Waals surface area contributed by atoms with Crippen molar-refractivity contribution >= 4 is 21.4 Å². The minimum absolute atomic E-state index is 0.156. The van der Waals surface area contributed by atoms with E-state index < -0.39 is 15.8 Å². The standard InChI is InChI=1S/C14H15FN2O3S/c1-2-20-13-6-4-3-5-12(13)17-21(18,19)14-8-7-10(15)9-11(14)16/h3-9,17H,2,16H2,1H3. The van der Waals surface area contributed by atoms with Gasteiger partial charge in [-0.25, -0.2) is 12.8 Å². The van der Waals surface area contributed by atoms with Crippen molar-refractivity contribution in [3.8, 4) is 5.75 Å². The number of anilines is 2. The van der Waals surface area contributed by atoms with Gasteiger partial charge in [-0.15, -0.1) is 0 Å². The third kappa shape index (κ3) is 3.43. The van der Waals surface area contributed by atoms with Crippen molar-refractivity contribution in [3.63, 3.8) is 0 Å². The van der Waals surface area contributed by atoms with Gasteiger partial charge in [0.25, 0.3) is 10.0 Å². The van der Waals surface area contributed by atoms with Crippen LogP contribution in [0.25, 0.3) is 0 Å². The lowest BCUT2D eigenvalue weighted by Gasteiger charge is -2.13. The predicted octanol–water partition coefficient (Wildman–Crippen LogP) is 2.61. The van der Waals surface area contributed by atoms with Crippen molar-refractivity contribution in [2.24, 2.45) is 0 Å². The molecular formula is C14H15FN2O3S. The molecule has 7 heteroatoms. The molecule has 0 aliphatic carbocycles. The molecule has 0 fully saturated rings. The van der Waals surface area contributed by atoms with E-state index >= 15 is 0 Å². The van der Waals surface area contributed by atoms with Gasteiger partial charge >= 0.3 is 0 Å². The Morgan fingerprint density at radius 3 is 2.62 bits per heavy atom. The van der Waals surface area contributed by atoms with Gasteiger partial charge in [-0.05, 0) is 37.3 Å². The molecule has 0 aliphatic heterocycles. The molecule has 0 amide bonds. The average molecular weight is 310 g/mol. The van der Waals surface area contributed by atoms with Gasteiger partial charge in [0.05, 0.1) is 18.0 Å². The lowest BCUT2D eigenvalue weighted by molar-refractivity contribution is 0.342. The minimum atomic E-state index is -3.92. The topological polar surface area (TPSA) is 81.4 Å². The van der Waals surface area contributed by atoms with Crippen molar-refractivity contribution in [1.29, 1.82) is 0 Å². The van der Waals surface area contributed by atoms with Crippen molar-refractivity contribution in [1.82, 2.24) is 0 Å². The van der Waals surface area contributed by atoms with Crippen LogP contribution in [0.1, 0.15) is 6.92 Å². The quantitative estimate of drug-likeness (QED) is 0.832. The zero-order chi connectivity index (χ0) is 15.5. The fourth-order valence-corrected chi connectivity index (χ4v) is 2.98. The second kappa shape index (κ2) is 6.01. The Balaban J connectivity index is 2.38. The lowest BCUT2D eigenvalue weighted by atomic mass is 10.3. The zero-order valence-electron chi connectivity index (χ0n) is 11.3. The third-order valence-electron chi connectivity index (χ3n) is 2.69. The fourth-order valence-electron chi connectivity index (χ4n) is 1.80. The van der Waals surface area contributed by atoms with E-state index in [1.165, 1.54) is 0 Å². The molecule has 21 heavy (non-hydrogen) atoms. The van der Waals surface area contributed by atoms with Crippen LogP contribution in [0.5, 0.6) is 5.75 Å². The number of sulfonamides is 1. The molecule has 0 unspecified atom stereocenters. The van der Waals surface area contributed by atoms with Gasteiger partial charge in [-0.2, -0.15) is 0 Å². The van der Waals surface area contributed by atoms with Gasteiger partial charge in [0.15, 0.2) is 0 Å². The number of nitrogens with one attached hydrogen (secondary N) is 1. The SMILES string of the molecule is CCOc1ccccc1NS(=O)(=O)c1ccc(F)cc1N. The summed E-state index contributed by atoms with van der Waals surface area (Å²) in [6, 6.07) is 9.75. The molecule has 2 aromatic carbocycles. The first-order valence-electron chi connectivity index (χ1n) is 6.23. The van der Waals surface area contributed by atoms with Crippen LogP contribution in [0, 0.1) is 5.82 Å². The van der Waals surface area contributed by atoms with Gasteiger partial charge < -0.3 is 10.5 Å². The van der Waals surface area contributed by atoms with E-state index in [0.29, 0.717) is 18.0 Å². The highest BCUT2D eigenvalue weighted by atomic mass is 32.2. The van der Waals surface area contributed by atoms with Gasteiger partial charge in [0.1, 0.15) is 16.5 Å². The Bertz CT molecular complexity index is 748. The first kappa shape index (κ1) is 15.1. The summed E-state index contributed by atoms with van der Waals surface area (Å²) < 4.78 is 45.4. The summed E-state index contributed by atoms with van der Waals surface area (Å²) in [7, 11) is -3.92. The average Bonchev–Trinajstić information content (AvgIpc) is 2.40. The summed E-state index contributed by atoms with van der Waals surface area (Å²) in [4.78, 5) is -0.185. The van der Waals surface area contributed by atoms with Crippen LogP contribution in [0.2, 0.25) is 0 Å². The normalized spacial score (nSPS) is 11.1. The summed E-state index contributed by atoms with van der Waals surface area (Å²) in [5.41, 5.74) is 5.71. The van der Waals surface area contributed by atoms with E-state index in [4.69, 9.17) is 10.5 Å². The third-order valence-corrected chi connectivity index (χ3v) is 4.13. The second-order valence-corrected chi connectivity index (χ2v) is 5.87. The Kier molecular flexibility index (Phi) is 4.32. The second-order valence-electron chi connectivity index (χ2n) is 4.22. The van der Waals surface area contributed by atoms with E-state index in [0.717, 1.165) is 18.2 Å². The molecule has 112 valence electrons. The van der Waals surface area contributed by atoms with Crippen molar-refractivity contribution in [2.75, 3.05) is 17.1 Å². The number of hydrogen-bond acceptors (Lipinski definition) is 4. The van der Waals surface area contributed by atoms with E-state index in [9.17, 15) is 12.8 Å². The summed E-state index contributed by atoms with van der Waals surface area (Å²) in [5, 5.41) is 0. The molecule has 0 saturated carbocycles. The zero-order valence-corrected chi connectivity index (χ0v) is 12.2. The molecule has 0 heterocycles. The van der Waals surface area contributed by atoms with E-state index in [1.54, 1.807) is 31.2 Å². The maximum Gasteiger partial charge on any atom is 0.264 e. The van der Waals surface area contributed by atoms with Crippen LogP contribution in [-0.4, -0.2) is 15.0 Å². The number of ether oxygens (including phenoxy) is 1. The van der Waals surface area contributed by atoms with Crippen LogP contribution in [0.4, 0.5) is 15.8 Å². The number of benzene rings is 2. The molecule has 0 radical (unpaired) electrons. The van der Waals surface area contributed by atoms with Gasteiger partial charge in [-0.1, -0.05) is 12.1 Å². The highest BCUT2D eigenvalue weighted by Gasteiger charge is 2.19. The first-order chi connectivity index (χ1) is 9.94. The van der Waals surface area contributed by atoms with Crippen molar-refractivity contribution < 1.29 is 17.5 Å². The lowest BCUT2D eigenvalue weighted by Crippen LogP contribution is -2.15. The number of halogens is 1. The Labute approximate surface area is 122 Å². The summed E-state index contributed by atoms with van der Waals surface area (Å²) in [6.45, 7) is 2.20. The Morgan fingerprint density at radius 2 is 1.95 bits per heavy atom. The van der Waals surface area contributed by atoms with Crippen LogP contribution in [0.15, 0.2) is 47.4 Å². The largest absolute Gasteiger partial charge is 0.492 e. The highest BCUT2D eigenvalue weighted by molar-refractivity contribution is 7.92. The molecule has 5 nitrogen and oxygen atoms in total. The number of nitrogen functional groups attached to an aromatic ring is 1. The molecule has 0 aromatic heterocycles. The fraction of sp³-hybridized carbons (Fsp3) is 0.143. The van der Waals surface area contributed by atoms with Gasteiger partial charge in [0, 0.05) is 0 Å². The smallest absolute Gasteiger partial charge is 0.264 e. The van der Waals surface area contributed by atoms with Crippen molar-refractivity contribution in [2.45, 2.75) is 11.8 Å². The number of hydrogen-bond donors (Lipinski definition) is 2. The number of nitrogens with two attached hydrogens (primary N) is 1. The van der Waals surface area contributed by atoms with E-state index in [-0.39, 0.29) is 10.6 Å². The molecular weight excluding hydrogens is 295 g/mol.